The van der Waals surface area contributed by atoms with Gasteiger partial charge in [-0.3, -0.25) is 0 Å². The van der Waals surface area contributed by atoms with Crippen LogP contribution in [0.4, 0.5) is 0 Å². The molecular formula is C13H14O2. The lowest BCUT2D eigenvalue weighted by Crippen LogP contribution is -1.87. The van der Waals surface area contributed by atoms with E-state index in [2.05, 4.69) is 12.1 Å². The predicted molar refractivity (Wildman–Crippen MR) is 60.1 cm³/mol. The highest BCUT2D eigenvalue weighted by atomic mass is 16.6. The molecule has 0 aliphatic heterocycles. The topological polar surface area (TPSA) is 22.4 Å². The van der Waals surface area contributed by atoms with Gasteiger partial charge in [0.05, 0.1) is 6.61 Å². The molecule has 1 aromatic carbocycles. The van der Waals surface area contributed by atoms with Crippen molar-refractivity contribution in [3.63, 3.8) is 0 Å². The Balaban J connectivity index is 2.36. The summed E-state index contributed by atoms with van der Waals surface area (Å²) < 4.78 is 10.8. The van der Waals surface area contributed by atoms with Gasteiger partial charge in [0.15, 0.2) is 0 Å². The minimum atomic E-state index is 0.592. The third-order valence-electron chi connectivity index (χ3n) is 2.27. The van der Waals surface area contributed by atoms with Gasteiger partial charge in [-0.25, -0.2) is 0 Å². The van der Waals surface area contributed by atoms with Gasteiger partial charge in [-0.2, -0.15) is 0 Å². The Labute approximate surface area is 89.5 Å². The third-order valence-corrected chi connectivity index (χ3v) is 2.27. The molecule has 0 amide bonds. The maximum atomic E-state index is 5.49. The van der Waals surface area contributed by atoms with Gasteiger partial charge in [0.1, 0.15) is 5.76 Å². The van der Waals surface area contributed by atoms with Crippen LogP contribution in [0.5, 0.6) is 5.95 Å². The van der Waals surface area contributed by atoms with E-state index in [1.165, 1.54) is 0 Å². The zero-order chi connectivity index (χ0) is 10.7. The number of ether oxygens (including phenoxy) is 1. The molecular weight excluding hydrogens is 188 g/mol. The largest absolute Gasteiger partial charge is 0.465 e. The standard InChI is InChI=1S/C13H14O2/c1-3-14-13-9-12(10(2)15-13)11-7-5-4-6-8-11/h4-9H,3H2,1-2H3. The van der Waals surface area contributed by atoms with Crippen LogP contribution in [0, 0.1) is 6.92 Å². The van der Waals surface area contributed by atoms with Crippen molar-refractivity contribution in [1.82, 2.24) is 0 Å². The van der Waals surface area contributed by atoms with Gasteiger partial charge in [-0.15, -0.1) is 0 Å². The Morgan fingerprint density at radius 2 is 1.93 bits per heavy atom. The summed E-state index contributed by atoms with van der Waals surface area (Å²) in [5.41, 5.74) is 2.25. The Kier molecular flexibility index (Phi) is 2.77. The molecule has 0 spiro atoms. The fraction of sp³-hybridized carbons (Fsp3) is 0.231. The molecule has 1 aromatic heterocycles. The van der Waals surface area contributed by atoms with Crippen molar-refractivity contribution >= 4 is 0 Å². The van der Waals surface area contributed by atoms with E-state index in [1.807, 2.05) is 38.1 Å². The van der Waals surface area contributed by atoms with Crippen molar-refractivity contribution in [3.8, 4) is 17.1 Å². The molecule has 0 bridgehead atoms. The maximum absolute atomic E-state index is 5.49. The van der Waals surface area contributed by atoms with E-state index in [9.17, 15) is 0 Å². The number of hydrogen-bond donors (Lipinski definition) is 0. The SMILES string of the molecule is CCOc1cc(-c2ccccc2)c(C)o1. The number of aryl methyl sites for hydroxylation is 1. The van der Waals surface area contributed by atoms with Crippen molar-refractivity contribution in [1.29, 1.82) is 0 Å². The number of rotatable bonds is 3. The minimum Gasteiger partial charge on any atom is -0.465 e. The van der Waals surface area contributed by atoms with Crippen molar-refractivity contribution in [2.24, 2.45) is 0 Å². The molecule has 0 N–H and O–H groups in total. The molecule has 0 aliphatic carbocycles. The van der Waals surface area contributed by atoms with Crippen molar-refractivity contribution in [2.75, 3.05) is 6.61 Å². The van der Waals surface area contributed by atoms with Gasteiger partial charge >= 0.3 is 0 Å². The van der Waals surface area contributed by atoms with E-state index in [-0.39, 0.29) is 0 Å². The summed E-state index contributed by atoms with van der Waals surface area (Å²) in [6.07, 6.45) is 0. The first-order chi connectivity index (χ1) is 7.31. The summed E-state index contributed by atoms with van der Waals surface area (Å²) in [5.74, 6) is 1.48. The van der Waals surface area contributed by atoms with E-state index in [0.29, 0.717) is 12.6 Å². The van der Waals surface area contributed by atoms with E-state index in [1.54, 1.807) is 0 Å². The predicted octanol–water partition coefficient (Wildman–Crippen LogP) is 3.65. The molecule has 0 unspecified atom stereocenters. The molecule has 78 valence electrons. The van der Waals surface area contributed by atoms with Gasteiger partial charge in [-0.1, -0.05) is 30.3 Å². The molecule has 2 nitrogen and oxygen atoms in total. The van der Waals surface area contributed by atoms with E-state index in [4.69, 9.17) is 9.15 Å². The summed E-state index contributed by atoms with van der Waals surface area (Å²) in [6.45, 7) is 4.52. The minimum absolute atomic E-state index is 0.592. The van der Waals surface area contributed by atoms with Crippen LogP contribution in [-0.4, -0.2) is 6.61 Å². The van der Waals surface area contributed by atoms with Crippen LogP contribution in [0.3, 0.4) is 0 Å². The molecule has 0 aliphatic rings. The van der Waals surface area contributed by atoms with E-state index >= 15 is 0 Å². The molecule has 2 aromatic rings. The first-order valence-corrected chi connectivity index (χ1v) is 5.10. The molecule has 1 heterocycles. The first kappa shape index (κ1) is 9.84. The molecule has 0 fully saturated rings. The second kappa shape index (κ2) is 4.22. The fourth-order valence-electron chi connectivity index (χ4n) is 1.57. The van der Waals surface area contributed by atoms with Crippen LogP contribution in [0.2, 0.25) is 0 Å². The van der Waals surface area contributed by atoms with Gasteiger partial charge in [-0.05, 0) is 19.4 Å². The Morgan fingerprint density at radius 3 is 2.60 bits per heavy atom. The van der Waals surface area contributed by atoms with E-state index < -0.39 is 0 Å². The van der Waals surface area contributed by atoms with Crippen molar-refractivity contribution < 1.29 is 9.15 Å². The second-order valence-corrected chi connectivity index (χ2v) is 3.33. The average Bonchev–Trinajstić information content (AvgIpc) is 2.61. The van der Waals surface area contributed by atoms with Gasteiger partial charge in [0.2, 0.25) is 0 Å². The Morgan fingerprint density at radius 1 is 1.20 bits per heavy atom. The Bertz CT molecular complexity index is 429. The lowest BCUT2D eigenvalue weighted by atomic mass is 10.1. The van der Waals surface area contributed by atoms with Crippen LogP contribution in [0.15, 0.2) is 40.8 Å². The van der Waals surface area contributed by atoms with Gasteiger partial charge in [0, 0.05) is 11.6 Å². The highest BCUT2D eigenvalue weighted by Gasteiger charge is 2.09. The zero-order valence-corrected chi connectivity index (χ0v) is 8.99. The van der Waals surface area contributed by atoms with Gasteiger partial charge in [0.25, 0.3) is 5.95 Å². The van der Waals surface area contributed by atoms with Gasteiger partial charge < -0.3 is 9.15 Å². The number of benzene rings is 1. The number of hydrogen-bond acceptors (Lipinski definition) is 2. The normalized spacial score (nSPS) is 10.3. The molecule has 2 heteroatoms. The average molecular weight is 202 g/mol. The second-order valence-electron chi connectivity index (χ2n) is 3.33. The van der Waals surface area contributed by atoms with Crippen molar-refractivity contribution in [2.45, 2.75) is 13.8 Å². The van der Waals surface area contributed by atoms with Crippen LogP contribution in [0.1, 0.15) is 12.7 Å². The van der Waals surface area contributed by atoms with Crippen LogP contribution >= 0.6 is 0 Å². The van der Waals surface area contributed by atoms with Crippen LogP contribution in [0.25, 0.3) is 11.1 Å². The molecule has 0 saturated carbocycles. The van der Waals surface area contributed by atoms with Crippen LogP contribution < -0.4 is 4.74 Å². The fourth-order valence-corrected chi connectivity index (χ4v) is 1.57. The zero-order valence-electron chi connectivity index (χ0n) is 8.99. The highest BCUT2D eigenvalue weighted by Crippen LogP contribution is 2.30. The monoisotopic (exact) mass is 202 g/mol. The molecule has 0 radical (unpaired) electrons. The summed E-state index contributed by atoms with van der Waals surface area (Å²) in [4.78, 5) is 0. The summed E-state index contributed by atoms with van der Waals surface area (Å²) >= 11 is 0. The quantitative estimate of drug-likeness (QED) is 0.758. The lowest BCUT2D eigenvalue weighted by Gasteiger charge is -1.96. The first-order valence-electron chi connectivity index (χ1n) is 5.10. The lowest BCUT2D eigenvalue weighted by molar-refractivity contribution is 0.253. The smallest absolute Gasteiger partial charge is 0.285 e. The summed E-state index contributed by atoms with van der Waals surface area (Å²) in [5, 5.41) is 0. The maximum Gasteiger partial charge on any atom is 0.285 e. The van der Waals surface area contributed by atoms with Crippen LogP contribution in [-0.2, 0) is 0 Å². The Hall–Kier alpha value is -1.70. The summed E-state index contributed by atoms with van der Waals surface area (Å²) in [6, 6.07) is 12.1. The molecule has 2 rings (SSSR count). The van der Waals surface area contributed by atoms with Crippen molar-refractivity contribution in [3.05, 3.63) is 42.2 Å². The molecule has 0 atom stereocenters. The molecule has 15 heavy (non-hydrogen) atoms. The number of furan rings is 1. The summed E-state index contributed by atoms with van der Waals surface area (Å²) in [7, 11) is 0. The molecule has 0 saturated heterocycles. The third kappa shape index (κ3) is 2.04. The highest BCUT2D eigenvalue weighted by molar-refractivity contribution is 5.66. The van der Waals surface area contributed by atoms with E-state index in [0.717, 1.165) is 16.9 Å².